The molecule has 2 rings (SSSR count). The number of rotatable bonds is 6. The maximum atomic E-state index is 11.2. The molecule has 2 aromatic rings. The number of fused-ring (bicyclic) bond motifs is 1. The van der Waals surface area contributed by atoms with Gasteiger partial charge in [0.15, 0.2) is 0 Å². The van der Waals surface area contributed by atoms with Crippen molar-refractivity contribution in [2.24, 2.45) is 0 Å². The molecular weight excluding hydrogens is 270 g/mol. The van der Waals surface area contributed by atoms with Gasteiger partial charge in [-0.25, -0.2) is 0 Å². The molecule has 0 aliphatic rings. The third-order valence-corrected chi connectivity index (χ3v) is 4.61. The molecule has 0 spiro atoms. The maximum Gasteiger partial charge on any atom is 0.323 e. The maximum absolute atomic E-state index is 11.2. The fraction of sp³-hybridized carbons (Fsp3) is 0.312. The first-order valence-corrected chi connectivity index (χ1v) is 7.58. The van der Waals surface area contributed by atoms with Crippen molar-refractivity contribution in [2.45, 2.75) is 23.8 Å². The zero-order valence-corrected chi connectivity index (χ0v) is 12.5. The molecule has 0 fully saturated rings. The van der Waals surface area contributed by atoms with E-state index in [4.69, 9.17) is 0 Å². The van der Waals surface area contributed by atoms with Crippen LogP contribution < -0.4 is 5.32 Å². The second kappa shape index (κ2) is 6.29. The molecule has 106 valence electrons. The van der Waals surface area contributed by atoms with E-state index in [0.717, 1.165) is 5.75 Å². The summed E-state index contributed by atoms with van der Waals surface area (Å²) in [4.78, 5) is 12.4. The highest BCUT2D eigenvalue weighted by Crippen LogP contribution is 2.25. The summed E-state index contributed by atoms with van der Waals surface area (Å²) in [5.41, 5.74) is -0.857. The van der Waals surface area contributed by atoms with Crippen molar-refractivity contribution < 1.29 is 9.90 Å². The van der Waals surface area contributed by atoms with Crippen molar-refractivity contribution in [3.05, 3.63) is 42.5 Å². The highest BCUT2D eigenvalue weighted by Gasteiger charge is 2.30. The Labute approximate surface area is 123 Å². The van der Waals surface area contributed by atoms with Gasteiger partial charge in [-0.3, -0.25) is 4.79 Å². The van der Waals surface area contributed by atoms with Gasteiger partial charge in [-0.2, -0.15) is 0 Å². The van der Waals surface area contributed by atoms with Crippen LogP contribution in [0.15, 0.2) is 47.4 Å². The van der Waals surface area contributed by atoms with E-state index in [1.807, 2.05) is 12.1 Å². The van der Waals surface area contributed by atoms with E-state index in [0.29, 0.717) is 6.42 Å². The molecule has 0 aliphatic carbocycles. The average Bonchev–Trinajstić information content (AvgIpc) is 2.46. The Balaban J connectivity index is 2.01. The molecule has 0 amide bonds. The number of hydrogen-bond donors (Lipinski definition) is 2. The van der Waals surface area contributed by atoms with Gasteiger partial charge in [0.2, 0.25) is 0 Å². The van der Waals surface area contributed by atoms with Crippen molar-refractivity contribution in [3.63, 3.8) is 0 Å². The lowest BCUT2D eigenvalue weighted by molar-refractivity contribution is -0.144. The van der Waals surface area contributed by atoms with E-state index >= 15 is 0 Å². The first-order valence-electron chi connectivity index (χ1n) is 6.59. The van der Waals surface area contributed by atoms with Gasteiger partial charge in [0.1, 0.15) is 5.54 Å². The van der Waals surface area contributed by atoms with Crippen LogP contribution in [-0.2, 0) is 4.79 Å². The zero-order valence-electron chi connectivity index (χ0n) is 11.7. The van der Waals surface area contributed by atoms with Crippen LogP contribution in [0.3, 0.4) is 0 Å². The molecule has 2 N–H and O–H groups in total. The fourth-order valence-corrected chi connectivity index (χ4v) is 3.09. The van der Waals surface area contributed by atoms with E-state index < -0.39 is 11.5 Å². The molecule has 0 aromatic heterocycles. The van der Waals surface area contributed by atoms with Crippen LogP contribution in [0.5, 0.6) is 0 Å². The van der Waals surface area contributed by atoms with E-state index in [9.17, 15) is 9.90 Å². The van der Waals surface area contributed by atoms with E-state index in [-0.39, 0.29) is 0 Å². The Kier molecular flexibility index (Phi) is 4.68. The summed E-state index contributed by atoms with van der Waals surface area (Å²) in [7, 11) is 1.69. The van der Waals surface area contributed by atoms with Crippen LogP contribution in [-0.4, -0.2) is 29.4 Å². The minimum Gasteiger partial charge on any atom is -0.480 e. The third-order valence-electron chi connectivity index (χ3n) is 3.62. The van der Waals surface area contributed by atoms with Gasteiger partial charge >= 0.3 is 5.97 Å². The summed E-state index contributed by atoms with van der Waals surface area (Å²) < 4.78 is 0. The first-order chi connectivity index (χ1) is 9.55. The van der Waals surface area contributed by atoms with Crippen LogP contribution in [0.2, 0.25) is 0 Å². The largest absolute Gasteiger partial charge is 0.480 e. The molecule has 0 saturated carbocycles. The summed E-state index contributed by atoms with van der Waals surface area (Å²) in [5, 5.41) is 14.5. The molecule has 3 nitrogen and oxygen atoms in total. The van der Waals surface area contributed by atoms with Gasteiger partial charge in [-0.05, 0) is 43.3 Å². The molecule has 4 heteroatoms. The monoisotopic (exact) mass is 289 g/mol. The molecule has 0 radical (unpaired) electrons. The van der Waals surface area contributed by atoms with Crippen LogP contribution in [0.25, 0.3) is 10.8 Å². The van der Waals surface area contributed by atoms with Gasteiger partial charge in [0, 0.05) is 10.6 Å². The molecule has 0 heterocycles. The molecule has 0 saturated heterocycles. The second-order valence-electron chi connectivity index (χ2n) is 4.99. The molecular formula is C16H19NO2S. The predicted molar refractivity (Wildman–Crippen MR) is 84.4 cm³/mol. The molecule has 1 atom stereocenters. The van der Waals surface area contributed by atoms with Crippen molar-refractivity contribution in [2.75, 3.05) is 12.8 Å². The van der Waals surface area contributed by atoms with Crippen molar-refractivity contribution in [1.82, 2.24) is 5.32 Å². The van der Waals surface area contributed by atoms with Crippen molar-refractivity contribution in [1.29, 1.82) is 0 Å². The summed E-state index contributed by atoms with van der Waals surface area (Å²) in [5.74, 6) is -0.0405. The molecule has 20 heavy (non-hydrogen) atoms. The zero-order chi connectivity index (χ0) is 14.6. The predicted octanol–water partition coefficient (Wildman–Crippen LogP) is 3.38. The number of aliphatic carboxylic acids is 1. The van der Waals surface area contributed by atoms with Crippen LogP contribution in [0.4, 0.5) is 0 Å². The van der Waals surface area contributed by atoms with Crippen molar-refractivity contribution in [3.8, 4) is 0 Å². The van der Waals surface area contributed by atoms with Gasteiger partial charge in [-0.15, -0.1) is 11.8 Å². The average molecular weight is 289 g/mol. The van der Waals surface area contributed by atoms with Crippen LogP contribution in [0.1, 0.15) is 13.3 Å². The minimum atomic E-state index is -0.857. The SMILES string of the molecule is CNC(C)(CCSc1ccc2ccccc2c1)C(=O)O. The lowest BCUT2D eigenvalue weighted by atomic mass is 10.00. The van der Waals surface area contributed by atoms with Gasteiger partial charge < -0.3 is 10.4 Å². The fourth-order valence-electron chi connectivity index (χ4n) is 1.97. The summed E-state index contributed by atoms with van der Waals surface area (Å²) >= 11 is 1.69. The Morgan fingerprint density at radius 3 is 2.60 bits per heavy atom. The normalized spacial score (nSPS) is 14.1. The Hall–Kier alpha value is -1.52. The first kappa shape index (κ1) is 14.9. The van der Waals surface area contributed by atoms with E-state index in [1.54, 1.807) is 25.7 Å². The molecule has 0 aliphatic heterocycles. The summed E-state index contributed by atoms with van der Waals surface area (Å²) in [6, 6.07) is 14.6. The highest BCUT2D eigenvalue weighted by atomic mass is 32.2. The van der Waals surface area contributed by atoms with Gasteiger partial charge in [0.05, 0.1) is 0 Å². The van der Waals surface area contributed by atoms with Crippen LogP contribution >= 0.6 is 11.8 Å². The Morgan fingerprint density at radius 2 is 1.95 bits per heavy atom. The number of thioether (sulfide) groups is 1. The number of hydrogen-bond acceptors (Lipinski definition) is 3. The summed E-state index contributed by atoms with van der Waals surface area (Å²) in [6.45, 7) is 1.72. The lowest BCUT2D eigenvalue weighted by Crippen LogP contribution is -2.47. The minimum absolute atomic E-state index is 0.580. The van der Waals surface area contributed by atoms with Gasteiger partial charge in [-0.1, -0.05) is 30.3 Å². The number of benzene rings is 2. The second-order valence-corrected chi connectivity index (χ2v) is 6.16. The van der Waals surface area contributed by atoms with Gasteiger partial charge in [0.25, 0.3) is 0 Å². The van der Waals surface area contributed by atoms with Crippen molar-refractivity contribution >= 4 is 28.5 Å². The molecule has 2 aromatic carbocycles. The smallest absolute Gasteiger partial charge is 0.323 e. The van der Waals surface area contributed by atoms with E-state index in [1.165, 1.54) is 15.7 Å². The summed E-state index contributed by atoms with van der Waals surface area (Å²) in [6.07, 6.45) is 0.580. The Bertz CT molecular complexity index is 614. The number of carboxylic acid groups (broad SMARTS) is 1. The number of likely N-dealkylation sites (N-methyl/N-ethyl adjacent to an activating group) is 1. The molecule has 0 bridgehead atoms. The van der Waals surface area contributed by atoms with E-state index in [2.05, 4.69) is 35.6 Å². The number of carboxylic acids is 1. The Morgan fingerprint density at radius 1 is 1.25 bits per heavy atom. The topological polar surface area (TPSA) is 49.3 Å². The standard InChI is InChI=1S/C16H19NO2S/c1-16(17-2,15(18)19)9-10-20-14-8-7-12-5-3-4-6-13(12)11-14/h3-8,11,17H,9-10H2,1-2H3,(H,18,19). The number of nitrogens with one attached hydrogen (secondary N) is 1. The quantitative estimate of drug-likeness (QED) is 0.800. The van der Waals surface area contributed by atoms with Crippen LogP contribution in [0, 0.1) is 0 Å². The number of carbonyl (C=O) groups is 1. The highest BCUT2D eigenvalue weighted by molar-refractivity contribution is 7.99. The third kappa shape index (κ3) is 3.32. The molecule has 1 unspecified atom stereocenters. The lowest BCUT2D eigenvalue weighted by Gasteiger charge is -2.23.